The van der Waals surface area contributed by atoms with Gasteiger partial charge in [0.15, 0.2) is 0 Å². The van der Waals surface area contributed by atoms with Gasteiger partial charge in [-0.25, -0.2) is 0 Å². The second-order valence-electron chi connectivity index (χ2n) is 12.3. The van der Waals surface area contributed by atoms with E-state index in [2.05, 4.69) is 207 Å². The van der Waals surface area contributed by atoms with Crippen LogP contribution in [0.25, 0.3) is 33.4 Å². The average Bonchev–Trinajstić information content (AvgIpc) is 3.14. The van der Waals surface area contributed by atoms with E-state index in [1.54, 1.807) is 0 Å². The molecule has 0 amide bonds. The Morgan fingerprint density at radius 2 is 0.543 bits per heavy atom. The highest BCUT2D eigenvalue weighted by atomic mass is 15.1. The Morgan fingerprint density at radius 3 is 0.913 bits per heavy atom. The Morgan fingerprint density at radius 1 is 0.283 bits per heavy atom. The maximum atomic E-state index is 2.34. The van der Waals surface area contributed by atoms with Crippen molar-refractivity contribution < 1.29 is 0 Å². The van der Waals surface area contributed by atoms with E-state index in [1.165, 1.54) is 44.5 Å². The molecule has 0 aliphatic carbocycles. The fourth-order valence-electron chi connectivity index (χ4n) is 6.22. The van der Waals surface area contributed by atoms with E-state index in [-0.39, 0.29) is 5.41 Å². The average molecular weight is 592 g/mol. The summed E-state index contributed by atoms with van der Waals surface area (Å²) in [6.07, 6.45) is 0. The largest absolute Gasteiger partial charge is 0.311 e. The summed E-state index contributed by atoms with van der Waals surface area (Å²) in [5, 5.41) is 0. The molecule has 0 N–H and O–H groups in total. The molecule has 1 nitrogen and oxygen atoms in total. The Hall–Kier alpha value is -5.66. The summed E-state index contributed by atoms with van der Waals surface area (Å²) < 4.78 is 0. The molecule has 0 spiro atoms. The normalized spacial score (nSPS) is 11.3. The van der Waals surface area contributed by atoms with E-state index in [4.69, 9.17) is 0 Å². The topological polar surface area (TPSA) is 3.24 Å². The van der Waals surface area contributed by atoms with Crippen molar-refractivity contribution in [1.82, 2.24) is 0 Å². The molecule has 0 bridgehead atoms. The second-order valence-corrected chi connectivity index (χ2v) is 12.3. The monoisotopic (exact) mass is 591 g/mol. The molecule has 1 heteroatoms. The molecular formula is C45H37N. The fourth-order valence-corrected chi connectivity index (χ4v) is 6.22. The molecule has 0 heterocycles. The molecule has 7 rings (SSSR count). The number of hydrogen-bond donors (Lipinski definition) is 0. The van der Waals surface area contributed by atoms with E-state index in [9.17, 15) is 0 Å². The van der Waals surface area contributed by atoms with Gasteiger partial charge in [0.05, 0.1) is 0 Å². The smallest absolute Gasteiger partial charge is 0.0462 e. The maximum absolute atomic E-state index is 2.34. The third-order valence-electron chi connectivity index (χ3n) is 9.03. The molecule has 0 aliphatic rings. The predicted molar refractivity (Wildman–Crippen MR) is 196 cm³/mol. The van der Waals surface area contributed by atoms with Crippen molar-refractivity contribution in [2.75, 3.05) is 4.90 Å². The third kappa shape index (κ3) is 6.01. The molecule has 222 valence electrons. The first-order chi connectivity index (χ1) is 22.6. The van der Waals surface area contributed by atoms with Crippen molar-refractivity contribution >= 4 is 17.1 Å². The van der Waals surface area contributed by atoms with Gasteiger partial charge in [-0.05, 0) is 80.9 Å². The van der Waals surface area contributed by atoms with Crippen LogP contribution in [0.15, 0.2) is 188 Å². The van der Waals surface area contributed by atoms with Crippen LogP contribution in [0.2, 0.25) is 0 Å². The third-order valence-corrected chi connectivity index (χ3v) is 9.03. The lowest BCUT2D eigenvalue weighted by atomic mass is 9.78. The molecule has 0 atom stereocenters. The van der Waals surface area contributed by atoms with Crippen molar-refractivity contribution in [3.63, 3.8) is 0 Å². The summed E-state index contributed by atoms with van der Waals surface area (Å²) in [4.78, 5) is 2.34. The van der Waals surface area contributed by atoms with Gasteiger partial charge < -0.3 is 4.90 Å². The highest BCUT2D eigenvalue weighted by Crippen LogP contribution is 2.39. The van der Waals surface area contributed by atoms with Crippen molar-refractivity contribution in [1.29, 1.82) is 0 Å². The molecule has 0 saturated heterocycles. The molecule has 7 aromatic carbocycles. The molecule has 0 unspecified atom stereocenters. The fraction of sp³-hybridized carbons (Fsp3) is 0.0667. The van der Waals surface area contributed by atoms with Gasteiger partial charge in [0, 0.05) is 22.5 Å². The lowest BCUT2D eigenvalue weighted by Crippen LogP contribution is -2.19. The molecule has 0 aromatic heterocycles. The van der Waals surface area contributed by atoms with Crippen LogP contribution >= 0.6 is 0 Å². The molecular weight excluding hydrogens is 555 g/mol. The van der Waals surface area contributed by atoms with Gasteiger partial charge in [-0.15, -0.1) is 0 Å². The van der Waals surface area contributed by atoms with E-state index >= 15 is 0 Å². The first kappa shape index (κ1) is 29.1. The van der Waals surface area contributed by atoms with Gasteiger partial charge in [-0.1, -0.05) is 166 Å². The van der Waals surface area contributed by atoms with Crippen LogP contribution in [0.5, 0.6) is 0 Å². The predicted octanol–water partition coefficient (Wildman–Crippen LogP) is 12.5. The summed E-state index contributed by atoms with van der Waals surface area (Å²) in [7, 11) is 0. The Kier molecular flexibility index (Phi) is 8.06. The second kappa shape index (κ2) is 12.8. The van der Waals surface area contributed by atoms with Gasteiger partial charge in [0.25, 0.3) is 0 Å². The summed E-state index contributed by atoms with van der Waals surface area (Å²) in [6, 6.07) is 67.5. The van der Waals surface area contributed by atoms with Crippen molar-refractivity contribution in [3.8, 4) is 33.4 Å². The molecule has 46 heavy (non-hydrogen) atoms. The zero-order valence-electron chi connectivity index (χ0n) is 26.3. The van der Waals surface area contributed by atoms with Crippen molar-refractivity contribution in [2.24, 2.45) is 0 Å². The van der Waals surface area contributed by atoms with Gasteiger partial charge in [-0.3, -0.25) is 0 Å². The highest BCUT2D eigenvalue weighted by Gasteiger charge is 2.23. The molecule has 0 aliphatic heterocycles. The van der Waals surface area contributed by atoms with Crippen LogP contribution in [0, 0.1) is 0 Å². The Labute approximate surface area is 273 Å². The summed E-state index contributed by atoms with van der Waals surface area (Å²) >= 11 is 0. The zero-order chi connectivity index (χ0) is 31.3. The van der Waals surface area contributed by atoms with Gasteiger partial charge in [0.2, 0.25) is 0 Å². The zero-order valence-corrected chi connectivity index (χ0v) is 26.3. The summed E-state index contributed by atoms with van der Waals surface area (Å²) in [6.45, 7) is 4.59. The van der Waals surface area contributed by atoms with Crippen LogP contribution in [0.3, 0.4) is 0 Å². The number of hydrogen-bond acceptors (Lipinski definition) is 1. The van der Waals surface area contributed by atoms with Crippen LogP contribution in [0.1, 0.15) is 25.0 Å². The van der Waals surface area contributed by atoms with E-state index in [0.717, 1.165) is 17.1 Å². The minimum absolute atomic E-state index is 0.0976. The quantitative estimate of drug-likeness (QED) is 0.170. The number of anilines is 3. The van der Waals surface area contributed by atoms with Crippen molar-refractivity contribution in [2.45, 2.75) is 19.3 Å². The first-order valence-electron chi connectivity index (χ1n) is 15.9. The SMILES string of the molecule is CC(C)(c1ccccc1)c1ccc(N(c2ccc(-c3ccccc3)cc2)c2ccc(-c3ccc(-c4ccccc4)cc3)cc2)cc1. The maximum Gasteiger partial charge on any atom is 0.0462 e. The number of benzene rings is 7. The summed E-state index contributed by atoms with van der Waals surface area (Å²) in [5.41, 5.74) is 13.2. The van der Waals surface area contributed by atoms with Crippen LogP contribution in [-0.4, -0.2) is 0 Å². The molecule has 7 aromatic rings. The molecule has 0 radical (unpaired) electrons. The minimum Gasteiger partial charge on any atom is -0.311 e. The van der Waals surface area contributed by atoms with E-state index < -0.39 is 0 Å². The highest BCUT2D eigenvalue weighted by molar-refractivity contribution is 5.80. The number of nitrogens with zero attached hydrogens (tertiary/aromatic N) is 1. The van der Waals surface area contributed by atoms with Gasteiger partial charge in [0.1, 0.15) is 0 Å². The van der Waals surface area contributed by atoms with Gasteiger partial charge in [-0.2, -0.15) is 0 Å². The van der Waals surface area contributed by atoms with E-state index in [0.29, 0.717) is 0 Å². The van der Waals surface area contributed by atoms with Crippen LogP contribution < -0.4 is 4.90 Å². The van der Waals surface area contributed by atoms with Gasteiger partial charge >= 0.3 is 0 Å². The minimum atomic E-state index is -0.0976. The van der Waals surface area contributed by atoms with Crippen LogP contribution in [-0.2, 0) is 5.41 Å². The molecule has 0 fully saturated rings. The lowest BCUT2D eigenvalue weighted by molar-refractivity contribution is 0.641. The Bertz CT molecular complexity index is 1990. The standard InChI is InChI=1S/C45H37N/c1-45(2,40-16-10-5-11-17-40)41-26-32-44(33-27-41)46(42-28-22-38(23-29-42)35-14-8-4-9-15-35)43-30-24-39(25-31-43)37-20-18-36(19-21-37)34-12-6-3-7-13-34/h3-33H,1-2H3. The first-order valence-corrected chi connectivity index (χ1v) is 15.9. The van der Waals surface area contributed by atoms with Crippen molar-refractivity contribution in [3.05, 3.63) is 199 Å². The number of rotatable bonds is 8. The Balaban J connectivity index is 1.22. The van der Waals surface area contributed by atoms with Crippen LogP contribution in [0.4, 0.5) is 17.1 Å². The van der Waals surface area contributed by atoms with E-state index in [1.807, 2.05) is 0 Å². The molecule has 0 saturated carbocycles. The lowest BCUT2D eigenvalue weighted by Gasteiger charge is -2.29. The summed E-state index contributed by atoms with van der Waals surface area (Å²) in [5.74, 6) is 0.